The van der Waals surface area contributed by atoms with Crippen LogP contribution < -0.4 is 14.8 Å². The molecular weight excluding hydrogens is 312 g/mol. The van der Waals surface area contributed by atoms with E-state index in [1.54, 1.807) is 12.0 Å². The quantitative estimate of drug-likeness (QED) is 0.755. The predicted octanol–water partition coefficient (Wildman–Crippen LogP) is 1.06. The van der Waals surface area contributed by atoms with Gasteiger partial charge in [-0.2, -0.15) is 0 Å². The zero-order chi connectivity index (χ0) is 16.9. The number of rotatable bonds is 7. The number of hydrogen-bond acceptors (Lipinski definition) is 5. The Morgan fingerprint density at radius 1 is 1.38 bits per heavy atom. The van der Waals surface area contributed by atoms with Crippen LogP contribution in [0.15, 0.2) is 18.2 Å². The second-order valence-corrected chi connectivity index (χ2v) is 5.90. The second-order valence-electron chi connectivity index (χ2n) is 5.90. The van der Waals surface area contributed by atoms with Gasteiger partial charge >= 0.3 is 0 Å². The Labute approximate surface area is 140 Å². The summed E-state index contributed by atoms with van der Waals surface area (Å²) in [5.74, 6) is 1.29. The minimum Gasteiger partial charge on any atom is -0.454 e. The molecule has 2 aliphatic heterocycles. The summed E-state index contributed by atoms with van der Waals surface area (Å²) < 4.78 is 15.6. The van der Waals surface area contributed by atoms with Crippen molar-refractivity contribution in [2.75, 3.05) is 27.1 Å². The summed E-state index contributed by atoms with van der Waals surface area (Å²) in [4.78, 5) is 26.2. The topological polar surface area (TPSA) is 77.1 Å². The van der Waals surface area contributed by atoms with Crippen molar-refractivity contribution in [3.8, 4) is 11.5 Å². The van der Waals surface area contributed by atoms with Gasteiger partial charge in [0.15, 0.2) is 11.5 Å². The van der Waals surface area contributed by atoms with Crippen LogP contribution in [-0.2, 0) is 20.9 Å². The Hall–Kier alpha value is -2.28. The monoisotopic (exact) mass is 334 g/mol. The first-order valence-corrected chi connectivity index (χ1v) is 8.13. The number of likely N-dealkylation sites (tertiary alicyclic amines) is 1. The van der Waals surface area contributed by atoms with Crippen LogP contribution in [0, 0.1) is 0 Å². The lowest BCUT2D eigenvalue weighted by Crippen LogP contribution is -2.44. The van der Waals surface area contributed by atoms with Gasteiger partial charge in [0.25, 0.3) is 0 Å². The van der Waals surface area contributed by atoms with E-state index in [-0.39, 0.29) is 18.6 Å². The fourth-order valence-corrected chi connectivity index (χ4v) is 2.99. The van der Waals surface area contributed by atoms with Gasteiger partial charge in [-0.25, -0.2) is 0 Å². The molecule has 0 unspecified atom stereocenters. The molecule has 7 nitrogen and oxygen atoms in total. The molecule has 7 heteroatoms. The highest BCUT2D eigenvalue weighted by atomic mass is 16.7. The van der Waals surface area contributed by atoms with E-state index in [1.165, 1.54) is 0 Å². The van der Waals surface area contributed by atoms with E-state index < -0.39 is 6.04 Å². The van der Waals surface area contributed by atoms with Crippen molar-refractivity contribution in [2.24, 2.45) is 0 Å². The third-order valence-electron chi connectivity index (χ3n) is 4.25. The maximum absolute atomic E-state index is 12.4. The number of ether oxygens (including phenoxy) is 3. The average Bonchev–Trinajstić information content (AvgIpc) is 3.18. The molecule has 0 radical (unpaired) electrons. The fraction of sp³-hybridized carbons (Fsp3) is 0.529. The number of nitrogens with one attached hydrogen (secondary N) is 1. The molecule has 1 aromatic rings. The highest BCUT2D eigenvalue weighted by molar-refractivity contribution is 5.90. The summed E-state index contributed by atoms with van der Waals surface area (Å²) in [6, 6.07) is 5.18. The molecule has 0 saturated carbocycles. The number of hydrogen-bond donors (Lipinski definition) is 1. The van der Waals surface area contributed by atoms with E-state index in [0.717, 1.165) is 12.0 Å². The number of methoxy groups -OCH3 is 1. The number of benzene rings is 1. The summed E-state index contributed by atoms with van der Waals surface area (Å²) in [6.07, 6.45) is 1.71. The number of fused-ring (bicyclic) bond motifs is 1. The van der Waals surface area contributed by atoms with Crippen molar-refractivity contribution in [3.63, 3.8) is 0 Å². The van der Waals surface area contributed by atoms with Crippen molar-refractivity contribution in [1.29, 1.82) is 0 Å². The van der Waals surface area contributed by atoms with Gasteiger partial charge in [0.1, 0.15) is 6.04 Å². The summed E-state index contributed by atoms with van der Waals surface area (Å²) in [5.41, 5.74) is 0.923. The molecule has 2 amide bonds. The van der Waals surface area contributed by atoms with Gasteiger partial charge in [0, 0.05) is 33.2 Å². The molecule has 1 saturated heterocycles. The van der Waals surface area contributed by atoms with Crippen molar-refractivity contribution >= 4 is 11.8 Å². The lowest BCUT2D eigenvalue weighted by Gasteiger charge is -2.24. The predicted molar refractivity (Wildman–Crippen MR) is 85.6 cm³/mol. The molecule has 0 bridgehead atoms. The number of amides is 2. The van der Waals surface area contributed by atoms with Crippen molar-refractivity contribution in [1.82, 2.24) is 10.2 Å². The minimum atomic E-state index is -0.412. The zero-order valence-electron chi connectivity index (χ0n) is 13.7. The molecule has 0 aliphatic carbocycles. The van der Waals surface area contributed by atoms with Gasteiger partial charge in [-0.3, -0.25) is 9.59 Å². The Bertz CT molecular complexity index is 619. The maximum Gasteiger partial charge on any atom is 0.242 e. The Balaban J connectivity index is 1.62. The number of carbonyl (C=O) groups is 2. The molecule has 1 aromatic carbocycles. The molecule has 24 heavy (non-hydrogen) atoms. The molecule has 1 N–H and O–H groups in total. The van der Waals surface area contributed by atoms with Crippen molar-refractivity contribution < 1.29 is 23.8 Å². The average molecular weight is 334 g/mol. The van der Waals surface area contributed by atoms with Crippen LogP contribution in [-0.4, -0.2) is 49.8 Å². The summed E-state index contributed by atoms with van der Waals surface area (Å²) in [5, 5.41) is 2.88. The first-order chi connectivity index (χ1) is 11.7. The highest BCUT2D eigenvalue weighted by Crippen LogP contribution is 2.33. The Kier molecular flexibility index (Phi) is 5.20. The number of carbonyl (C=O) groups excluding carboxylic acids is 2. The van der Waals surface area contributed by atoms with Gasteiger partial charge in [-0.1, -0.05) is 6.07 Å². The largest absolute Gasteiger partial charge is 0.454 e. The standard InChI is InChI=1S/C17H22N2O5/c1-22-8-2-7-18-17(21)13-4-6-16(20)19(13)10-12-3-5-14-15(9-12)24-11-23-14/h3,5,9,13H,2,4,6-8,10-11H2,1H3,(H,18,21)/t13-/m0/s1. The van der Waals surface area contributed by atoms with Crippen LogP contribution in [0.3, 0.4) is 0 Å². The van der Waals surface area contributed by atoms with Gasteiger partial charge in [0.05, 0.1) is 0 Å². The van der Waals surface area contributed by atoms with Crippen LogP contribution in [0.5, 0.6) is 11.5 Å². The molecule has 1 fully saturated rings. The van der Waals surface area contributed by atoms with Crippen molar-refractivity contribution in [3.05, 3.63) is 23.8 Å². The third-order valence-corrected chi connectivity index (χ3v) is 4.25. The molecule has 0 spiro atoms. The molecular formula is C17H22N2O5. The second kappa shape index (κ2) is 7.53. The summed E-state index contributed by atoms with van der Waals surface area (Å²) in [6.45, 7) is 1.76. The Morgan fingerprint density at radius 3 is 3.04 bits per heavy atom. The molecule has 130 valence electrons. The highest BCUT2D eigenvalue weighted by Gasteiger charge is 2.35. The molecule has 2 aliphatic rings. The van der Waals surface area contributed by atoms with E-state index in [1.807, 2.05) is 18.2 Å². The minimum absolute atomic E-state index is 0.00436. The smallest absolute Gasteiger partial charge is 0.242 e. The normalized spacial score (nSPS) is 19.0. The fourth-order valence-electron chi connectivity index (χ4n) is 2.99. The summed E-state index contributed by atoms with van der Waals surface area (Å²) in [7, 11) is 1.63. The van der Waals surface area contributed by atoms with E-state index >= 15 is 0 Å². The molecule has 2 heterocycles. The van der Waals surface area contributed by atoms with E-state index in [9.17, 15) is 9.59 Å². The van der Waals surface area contributed by atoms with Gasteiger partial charge < -0.3 is 24.4 Å². The van der Waals surface area contributed by atoms with Crippen molar-refractivity contribution in [2.45, 2.75) is 31.8 Å². The first kappa shape index (κ1) is 16.6. The van der Waals surface area contributed by atoms with E-state index in [0.29, 0.717) is 44.0 Å². The number of nitrogens with zero attached hydrogens (tertiary/aromatic N) is 1. The maximum atomic E-state index is 12.4. The van der Waals surface area contributed by atoms with E-state index in [2.05, 4.69) is 5.32 Å². The third kappa shape index (κ3) is 3.62. The molecule has 1 atom stereocenters. The van der Waals surface area contributed by atoms with Crippen LogP contribution >= 0.6 is 0 Å². The molecule has 3 rings (SSSR count). The van der Waals surface area contributed by atoms with Crippen LogP contribution in [0.4, 0.5) is 0 Å². The zero-order valence-corrected chi connectivity index (χ0v) is 13.7. The van der Waals surface area contributed by atoms with Crippen LogP contribution in [0.1, 0.15) is 24.8 Å². The van der Waals surface area contributed by atoms with Gasteiger partial charge in [-0.15, -0.1) is 0 Å². The lowest BCUT2D eigenvalue weighted by molar-refractivity contribution is -0.135. The lowest BCUT2D eigenvalue weighted by atomic mass is 10.1. The Morgan fingerprint density at radius 2 is 2.21 bits per heavy atom. The van der Waals surface area contributed by atoms with Gasteiger partial charge in [-0.05, 0) is 30.5 Å². The SMILES string of the molecule is COCCCNC(=O)[C@@H]1CCC(=O)N1Cc1ccc2c(c1)OCO2. The van der Waals surface area contributed by atoms with Crippen LogP contribution in [0.25, 0.3) is 0 Å². The van der Waals surface area contributed by atoms with Gasteiger partial charge in [0.2, 0.25) is 18.6 Å². The van der Waals surface area contributed by atoms with E-state index in [4.69, 9.17) is 14.2 Å². The van der Waals surface area contributed by atoms with Crippen LogP contribution in [0.2, 0.25) is 0 Å². The molecule has 0 aromatic heterocycles. The summed E-state index contributed by atoms with van der Waals surface area (Å²) >= 11 is 0. The first-order valence-electron chi connectivity index (χ1n) is 8.13.